The smallest absolute Gasteiger partial charge is 0.407 e. The van der Waals surface area contributed by atoms with Gasteiger partial charge in [-0.2, -0.15) is 0 Å². The molecule has 21 heavy (non-hydrogen) atoms. The number of hydrogen-bond acceptors (Lipinski definition) is 4. The van der Waals surface area contributed by atoms with E-state index in [0.717, 1.165) is 12.0 Å². The monoisotopic (exact) mass is 295 g/mol. The Labute approximate surface area is 126 Å². The number of carbonyl (C=O) groups excluding carboxylic acids is 1. The second-order valence-corrected chi connectivity index (χ2v) is 5.78. The maximum Gasteiger partial charge on any atom is 0.407 e. The van der Waals surface area contributed by atoms with E-state index in [-0.39, 0.29) is 6.61 Å². The summed E-state index contributed by atoms with van der Waals surface area (Å²) >= 11 is 0. The van der Waals surface area contributed by atoms with Crippen LogP contribution in [0.4, 0.5) is 4.79 Å². The van der Waals surface area contributed by atoms with Crippen molar-refractivity contribution in [3.05, 3.63) is 35.9 Å². The highest BCUT2D eigenvalue weighted by Crippen LogP contribution is 2.07. The van der Waals surface area contributed by atoms with E-state index in [2.05, 4.69) is 5.32 Å². The molecule has 2 N–H and O–H groups in total. The number of aliphatic hydroxyl groups is 1. The molecule has 0 heterocycles. The van der Waals surface area contributed by atoms with Gasteiger partial charge in [0.1, 0.15) is 5.60 Å². The molecule has 1 amide bonds. The summed E-state index contributed by atoms with van der Waals surface area (Å²) in [5, 5.41) is 12.3. The molecule has 1 atom stereocenters. The van der Waals surface area contributed by atoms with Gasteiger partial charge >= 0.3 is 6.09 Å². The molecule has 0 aromatic heterocycles. The van der Waals surface area contributed by atoms with E-state index in [9.17, 15) is 9.90 Å². The van der Waals surface area contributed by atoms with Crippen LogP contribution >= 0.6 is 0 Å². The Morgan fingerprint density at radius 2 is 1.95 bits per heavy atom. The molecule has 0 saturated heterocycles. The predicted octanol–water partition coefficient (Wildman–Crippen LogP) is 2.48. The minimum Gasteiger partial charge on any atom is -0.444 e. The highest BCUT2D eigenvalue weighted by Gasteiger charge is 2.15. The molecule has 0 aliphatic rings. The van der Waals surface area contributed by atoms with Crippen LogP contribution < -0.4 is 5.32 Å². The summed E-state index contributed by atoms with van der Waals surface area (Å²) in [5.74, 6) is 0. The van der Waals surface area contributed by atoms with Gasteiger partial charge in [-0.3, -0.25) is 0 Å². The van der Waals surface area contributed by atoms with Crippen molar-refractivity contribution in [3.63, 3.8) is 0 Å². The second-order valence-electron chi connectivity index (χ2n) is 5.78. The Hall–Kier alpha value is -1.59. The number of nitrogens with one attached hydrogen (secondary N) is 1. The number of benzene rings is 1. The molecule has 1 unspecified atom stereocenters. The fraction of sp³-hybridized carbons (Fsp3) is 0.562. The fourth-order valence-electron chi connectivity index (χ4n) is 1.68. The Bertz CT molecular complexity index is 414. The van der Waals surface area contributed by atoms with Crippen LogP contribution in [-0.4, -0.2) is 36.2 Å². The van der Waals surface area contributed by atoms with Gasteiger partial charge in [-0.1, -0.05) is 30.3 Å². The SMILES string of the molecule is CC(C)(C)OC(=O)NCCOC(O)CCc1ccccc1. The van der Waals surface area contributed by atoms with Crippen LogP contribution in [0.5, 0.6) is 0 Å². The molecule has 0 bridgehead atoms. The average molecular weight is 295 g/mol. The summed E-state index contributed by atoms with van der Waals surface area (Å²) in [4.78, 5) is 11.4. The minimum absolute atomic E-state index is 0.245. The third-order valence-electron chi connectivity index (χ3n) is 2.60. The van der Waals surface area contributed by atoms with Gasteiger partial charge in [-0.15, -0.1) is 0 Å². The lowest BCUT2D eigenvalue weighted by Gasteiger charge is -2.20. The molecule has 5 heteroatoms. The third kappa shape index (κ3) is 9.05. The lowest BCUT2D eigenvalue weighted by Crippen LogP contribution is -2.34. The maximum atomic E-state index is 11.4. The zero-order valence-corrected chi connectivity index (χ0v) is 13.0. The van der Waals surface area contributed by atoms with Gasteiger partial charge in [0.15, 0.2) is 6.29 Å². The lowest BCUT2D eigenvalue weighted by molar-refractivity contribution is -0.101. The van der Waals surface area contributed by atoms with Crippen LogP contribution in [0.2, 0.25) is 0 Å². The van der Waals surface area contributed by atoms with Gasteiger partial charge in [-0.25, -0.2) is 4.79 Å². The van der Waals surface area contributed by atoms with Crippen molar-refractivity contribution >= 4 is 6.09 Å². The summed E-state index contributed by atoms with van der Waals surface area (Å²) < 4.78 is 10.3. The zero-order chi connectivity index (χ0) is 15.7. The zero-order valence-electron chi connectivity index (χ0n) is 13.0. The summed E-state index contributed by atoms with van der Waals surface area (Å²) in [6.07, 6.45) is -0.0340. The summed E-state index contributed by atoms with van der Waals surface area (Å²) in [7, 11) is 0. The van der Waals surface area contributed by atoms with Gasteiger partial charge in [0.25, 0.3) is 0 Å². The van der Waals surface area contributed by atoms with E-state index in [1.54, 1.807) is 20.8 Å². The van der Waals surface area contributed by atoms with Crippen molar-refractivity contribution in [2.24, 2.45) is 0 Å². The van der Waals surface area contributed by atoms with Crippen molar-refractivity contribution < 1.29 is 19.4 Å². The molecule has 118 valence electrons. The van der Waals surface area contributed by atoms with Crippen LogP contribution in [0.1, 0.15) is 32.8 Å². The molecular formula is C16H25NO4. The van der Waals surface area contributed by atoms with Crippen molar-refractivity contribution in [1.82, 2.24) is 5.32 Å². The number of ether oxygens (including phenoxy) is 2. The molecule has 5 nitrogen and oxygen atoms in total. The van der Waals surface area contributed by atoms with Crippen LogP contribution in [0.15, 0.2) is 30.3 Å². The Morgan fingerprint density at radius 3 is 2.57 bits per heavy atom. The van der Waals surface area contributed by atoms with Crippen LogP contribution in [0.3, 0.4) is 0 Å². The summed E-state index contributed by atoms with van der Waals surface area (Å²) in [6.45, 7) is 5.95. The highest BCUT2D eigenvalue weighted by molar-refractivity contribution is 5.67. The topological polar surface area (TPSA) is 67.8 Å². The molecule has 1 rings (SSSR count). The molecule has 1 aromatic rings. The first kappa shape index (κ1) is 17.5. The number of carbonyl (C=O) groups is 1. The highest BCUT2D eigenvalue weighted by atomic mass is 16.6. The maximum absolute atomic E-state index is 11.4. The number of hydrogen-bond donors (Lipinski definition) is 2. The van der Waals surface area contributed by atoms with Gasteiger partial charge in [0.05, 0.1) is 6.61 Å². The van der Waals surface area contributed by atoms with Crippen LogP contribution in [0.25, 0.3) is 0 Å². The van der Waals surface area contributed by atoms with Gasteiger partial charge in [0, 0.05) is 13.0 Å². The largest absolute Gasteiger partial charge is 0.444 e. The molecule has 0 aliphatic heterocycles. The molecule has 0 aliphatic carbocycles. The standard InChI is InChI=1S/C16H25NO4/c1-16(2,3)21-15(19)17-11-12-20-14(18)10-9-13-7-5-4-6-8-13/h4-8,14,18H,9-12H2,1-3H3,(H,17,19). The number of rotatable bonds is 7. The van der Waals surface area contributed by atoms with Crippen LogP contribution in [-0.2, 0) is 15.9 Å². The fourth-order valence-corrected chi connectivity index (χ4v) is 1.68. The van der Waals surface area contributed by atoms with Gasteiger partial charge in [-0.05, 0) is 32.8 Å². The Balaban J connectivity index is 2.08. The first-order chi connectivity index (χ1) is 9.87. The van der Waals surface area contributed by atoms with Gasteiger partial charge < -0.3 is 19.9 Å². The summed E-state index contributed by atoms with van der Waals surface area (Å²) in [6, 6.07) is 9.91. The van der Waals surface area contributed by atoms with E-state index < -0.39 is 18.0 Å². The van der Waals surface area contributed by atoms with E-state index >= 15 is 0 Å². The molecular weight excluding hydrogens is 270 g/mol. The van der Waals surface area contributed by atoms with E-state index in [0.29, 0.717) is 13.0 Å². The van der Waals surface area contributed by atoms with E-state index in [1.165, 1.54) is 0 Å². The quantitative estimate of drug-likeness (QED) is 0.599. The molecule has 1 aromatic carbocycles. The number of alkyl carbamates (subject to hydrolysis) is 1. The molecule has 0 saturated carbocycles. The molecule has 0 spiro atoms. The van der Waals surface area contributed by atoms with Gasteiger partial charge in [0.2, 0.25) is 0 Å². The first-order valence-electron chi connectivity index (χ1n) is 7.17. The van der Waals surface area contributed by atoms with E-state index in [1.807, 2.05) is 30.3 Å². The van der Waals surface area contributed by atoms with Crippen molar-refractivity contribution in [1.29, 1.82) is 0 Å². The van der Waals surface area contributed by atoms with Crippen molar-refractivity contribution in [3.8, 4) is 0 Å². The predicted molar refractivity (Wildman–Crippen MR) is 81.0 cm³/mol. The second kappa shape index (κ2) is 8.64. The number of amides is 1. The van der Waals surface area contributed by atoms with Crippen molar-refractivity contribution in [2.75, 3.05) is 13.2 Å². The average Bonchev–Trinajstić information content (AvgIpc) is 2.40. The summed E-state index contributed by atoms with van der Waals surface area (Å²) in [5.41, 5.74) is 0.646. The van der Waals surface area contributed by atoms with Crippen molar-refractivity contribution in [2.45, 2.75) is 45.5 Å². The van der Waals surface area contributed by atoms with Crippen LogP contribution in [0, 0.1) is 0 Å². The Kier molecular flexibility index (Phi) is 7.19. The van der Waals surface area contributed by atoms with E-state index in [4.69, 9.17) is 9.47 Å². The molecule has 0 radical (unpaired) electrons. The molecule has 0 fully saturated rings. The Morgan fingerprint density at radius 1 is 1.29 bits per heavy atom. The number of aryl methyl sites for hydroxylation is 1. The normalized spacial score (nSPS) is 12.8. The lowest BCUT2D eigenvalue weighted by atomic mass is 10.1. The minimum atomic E-state index is -0.828. The third-order valence-corrected chi connectivity index (χ3v) is 2.60. The number of aliphatic hydroxyl groups excluding tert-OH is 1. The first-order valence-corrected chi connectivity index (χ1v) is 7.17.